The van der Waals surface area contributed by atoms with Gasteiger partial charge in [-0.3, -0.25) is 9.48 Å². The van der Waals surface area contributed by atoms with E-state index in [2.05, 4.69) is 14.8 Å². The highest BCUT2D eigenvalue weighted by molar-refractivity contribution is 5.80. The lowest BCUT2D eigenvalue weighted by Gasteiger charge is -2.21. The highest BCUT2D eigenvalue weighted by Crippen LogP contribution is 2.27. The summed E-state index contributed by atoms with van der Waals surface area (Å²) in [4.78, 5) is 15.6. The summed E-state index contributed by atoms with van der Waals surface area (Å²) < 4.78 is 6.32. The number of hydrogen-bond acceptors (Lipinski definition) is 5. The topological polar surface area (TPSA) is 83.0 Å². The number of aromatic nitrogens is 3. The molecule has 18 heavy (non-hydrogen) atoms. The Morgan fingerprint density at radius 1 is 1.61 bits per heavy atom. The van der Waals surface area contributed by atoms with E-state index < -0.39 is 5.54 Å². The van der Waals surface area contributed by atoms with Gasteiger partial charge in [-0.05, 0) is 19.1 Å². The number of methoxy groups -OCH3 is 1. The lowest BCUT2D eigenvalue weighted by atomic mass is 9.93. The number of aryl methyl sites for hydroxylation is 1. The first kappa shape index (κ1) is 12.5. The van der Waals surface area contributed by atoms with Crippen LogP contribution in [0.25, 0.3) is 11.0 Å². The standard InChI is InChI=1S/C12H16N4O2/c1-12(13,7-9(17)18-3)10-8-5-4-6-14-11(8)16(2)15-10/h4-6H,7,13H2,1-3H3/t12-/m0/s1. The molecule has 0 saturated carbocycles. The van der Waals surface area contributed by atoms with Crippen molar-refractivity contribution in [3.8, 4) is 0 Å². The van der Waals surface area contributed by atoms with E-state index in [1.807, 2.05) is 12.1 Å². The molecule has 0 saturated heterocycles. The maximum absolute atomic E-state index is 11.4. The molecule has 0 amide bonds. The van der Waals surface area contributed by atoms with Gasteiger partial charge in [0.15, 0.2) is 5.65 Å². The van der Waals surface area contributed by atoms with Crippen molar-refractivity contribution in [1.29, 1.82) is 0 Å². The summed E-state index contributed by atoms with van der Waals surface area (Å²) in [6, 6.07) is 3.72. The lowest BCUT2D eigenvalue weighted by Crippen LogP contribution is -2.36. The number of nitrogens with two attached hydrogens (primary N) is 1. The van der Waals surface area contributed by atoms with Gasteiger partial charge in [-0.15, -0.1) is 0 Å². The summed E-state index contributed by atoms with van der Waals surface area (Å²) in [6.45, 7) is 1.76. The predicted octanol–water partition coefficient (Wildman–Crippen LogP) is 0.705. The highest BCUT2D eigenvalue weighted by atomic mass is 16.5. The third-order valence-electron chi connectivity index (χ3n) is 2.88. The molecule has 0 aliphatic carbocycles. The molecule has 2 N–H and O–H groups in total. The molecule has 2 rings (SSSR count). The van der Waals surface area contributed by atoms with Crippen LogP contribution < -0.4 is 5.73 Å². The van der Waals surface area contributed by atoms with Crippen LogP contribution in [0.5, 0.6) is 0 Å². The Kier molecular flexibility index (Phi) is 3.04. The molecule has 2 aromatic heterocycles. The van der Waals surface area contributed by atoms with Gasteiger partial charge in [-0.1, -0.05) is 0 Å². The average Bonchev–Trinajstić information content (AvgIpc) is 2.68. The van der Waals surface area contributed by atoms with E-state index in [0.29, 0.717) is 5.69 Å². The molecule has 0 aliphatic rings. The first-order valence-electron chi connectivity index (χ1n) is 5.59. The maximum Gasteiger partial charge on any atom is 0.307 e. The molecule has 0 aliphatic heterocycles. The normalized spacial score (nSPS) is 14.4. The summed E-state index contributed by atoms with van der Waals surface area (Å²) in [5.74, 6) is -0.359. The van der Waals surface area contributed by atoms with Crippen molar-refractivity contribution >= 4 is 17.0 Å². The minimum absolute atomic E-state index is 0.0739. The van der Waals surface area contributed by atoms with E-state index in [9.17, 15) is 4.79 Å². The van der Waals surface area contributed by atoms with E-state index in [0.717, 1.165) is 11.0 Å². The van der Waals surface area contributed by atoms with Gasteiger partial charge in [-0.2, -0.15) is 5.10 Å². The van der Waals surface area contributed by atoms with Crippen molar-refractivity contribution in [3.05, 3.63) is 24.0 Å². The number of nitrogens with zero attached hydrogens (tertiary/aromatic N) is 3. The van der Waals surface area contributed by atoms with Crippen LogP contribution in [0.1, 0.15) is 19.0 Å². The number of fused-ring (bicyclic) bond motifs is 1. The molecule has 0 spiro atoms. The van der Waals surface area contributed by atoms with Crippen molar-refractivity contribution in [2.24, 2.45) is 12.8 Å². The van der Waals surface area contributed by atoms with E-state index in [-0.39, 0.29) is 12.4 Å². The summed E-state index contributed by atoms with van der Waals surface area (Å²) in [6.07, 6.45) is 1.77. The molecule has 0 aromatic carbocycles. The van der Waals surface area contributed by atoms with Crippen molar-refractivity contribution < 1.29 is 9.53 Å². The van der Waals surface area contributed by atoms with Gasteiger partial charge < -0.3 is 10.5 Å². The SMILES string of the molecule is COC(=O)C[C@](C)(N)c1nn(C)c2ncccc12. The first-order chi connectivity index (χ1) is 8.45. The fourth-order valence-corrected chi connectivity index (χ4v) is 1.97. The van der Waals surface area contributed by atoms with Crippen LogP contribution >= 0.6 is 0 Å². The zero-order valence-corrected chi connectivity index (χ0v) is 10.7. The van der Waals surface area contributed by atoms with Crippen molar-refractivity contribution in [2.75, 3.05) is 7.11 Å². The van der Waals surface area contributed by atoms with E-state index in [1.165, 1.54) is 7.11 Å². The van der Waals surface area contributed by atoms with Crippen molar-refractivity contribution in [2.45, 2.75) is 18.9 Å². The van der Waals surface area contributed by atoms with Gasteiger partial charge in [0.2, 0.25) is 0 Å². The fourth-order valence-electron chi connectivity index (χ4n) is 1.97. The third-order valence-corrected chi connectivity index (χ3v) is 2.88. The van der Waals surface area contributed by atoms with Gasteiger partial charge in [0.05, 0.1) is 24.8 Å². The second-order valence-corrected chi connectivity index (χ2v) is 4.52. The van der Waals surface area contributed by atoms with Crippen molar-refractivity contribution in [1.82, 2.24) is 14.8 Å². The number of hydrogen-bond donors (Lipinski definition) is 1. The Morgan fingerprint density at radius 2 is 2.33 bits per heavy atom. The molecule has 0 unspecified atom stereocenters. The maximum atomic E-state index is 11.4. The molecular formula is C12H16N4O2. The Hall–Kier alpha value is -1.95. The molecule has 0 radical (unpaired) electrons. The van der Waals surface area contributed by atoms with Crippen molar-refractivity contribution in [3.63, 3.8) is 0 Å². The van der Waals surface area contributed by atoms with Crippen LogP contribution in [-0.2, 0) is 22.1 Å². The van der Waals surface area contributed by atoms with Gasteiger partial charge in [-0.25, -0.2) is 4.98 Å². The lowest BCUT2D eigenvalue weighted by molar-refractivity contribution is -0.142. The number of pyridine rings is 1. The number of carbonyl (C=O) groups excluding carboxylic acids is 1. The second kappa shape index (κ2) is 4.38. The molecular weight excluding hydrogens is 232 g/mol. The Bertz CT molecular complexity index is 589. The molecule has 2 heterocycles. The van der Waals surface area contributed by atoms with Gasteiger partial charge >= 0.3 is 5.97 Å². The van der Waals surface area contributed by atoms with Crippen LogP contribution in [0.2, 0.25) is 0 Å². The summed E-state index contributed by atoms with van der Waals surface area (Å²) in [7, 11) is 3.14. The van der Waals surface area contributed by atoms with Crippen LogP contribution in [-0.4, -0.2) is 27.8 Å². The fraction of sp³-hybridized carbons (Fsp3) is 0.417. The molecule has 0 bridgehead atoms. The quantitative estimate of drug-likeness (QED) is 0.809. The molecule has 1 atom stereocenters. The third kappa shape index (κ3) is 2.06. The zero-order valence-electron chi connectivity index (χ0n) is 10.7. The first-order valence-corrected chi connectivity index (χ1v) is 5.59. The summed E-state index contributed by atoms with van der Waals surface area (Å²) in [5, 5.41) is 5.23. The Morgan fingerprint density at radius 3 is 3.00 bits per heavy atom. The smallest absolute Gasteiger partial charge is 0.307 e. The van der Waals surface area contributed by atoms with Crippen LogP contribution in [0.15, 0.2) is 18.3 Å². The number of carbonyl (C=O) groups is 1. The predicted molar refractivity (Wildman–Crippen MR) is 66.7 cm³/mol. The average molecular weight is 248 g/mol. The summed E-state index contributed by atoms with van der Waals surface area (Å²) >= 11 is 0. The molecule has 6 heteroatoms. The van der Waals surface area contributed by atoms with Crippen LogP contribution in [0.4, 0.5) is 0 Å². The molecule has 96 valence electrons. The minimum Gasteiger partial charge on any atom is -0.469 e. The Balaban J connectivity index is 2.50. The largest absolute Gasteiger partial charge is 0.469 e. The van der Waals surface area contributed by atoms with Gasteiger partial charge in [0.1, 0.15) is 0 Å². The van der Waals surface area contributed by atoms with Crippen LogP contribution in [0, 0.1) is 0 Å². The minimum atomic E-state index is -0.879. The zero-order chi connectivity index (χ0) is 13.3. The molecule has 6 nitrogen and oxygen atoms in total. The number of rotatable bonds is 3. The van der Waals surface area contributed by atoms with Crippen LogP contribution in [0.3, 0.4) is 0 Å². The van der Waals surface area contributed by atoms with Gasteiger partial charge in [0.25, 0.3) is 0 Å². The van der Waals surface area contributed by atoms with Gasteiger partial charge in [0, 0.05) is 18.6 Å². The Labute approximate surface area is 105 Å². The number of esters is 1. The highest BCUT2D eigenvalue weighted by Gasteiger charge is 2.30. The molecule has 2 aromatic rings. The number of ether oxygens (including phenoxy) is 1. The monoisotopic (exact) mass is 248 g/mol. The van der Waals surface area contributed by atoms with E-state index in [1.54, 1.807) is 24.9 Å². The summed E-state index contributed by atoms with van der Waals surface area (Å²) in [5.41, 5.74) is 6.71. The second-order valence-electron chi connectivity index (χ2n) is 4.52. The van der Waals surface area contributed by atoms with E-state index >= 15 is 0 Å². The van der Waals surface area contributed by atoms with E-state index in [4.69, 9.17) is 5.73 Å². The molecule has 0 fully saturated rings.